The number of fused-ring (bicyclic) bond motifs is 2. The van der Waals surface area contributed by atoms with E-state index in [9.17, 15) is 18.4 Å². The Hall–Kier alpha value is -1.35. The molecule has 2 bridgehead atoms. The molecule has 4 saturated heterocycles. The number of hydrogen-bond acceptors (Lipinski definition) is 9. The van der Waals surface area contributed by atoms with E-state index in [1.807, 2.05) is 0 Å². The van der Waals surface area contributed by atoms with Crippen molar-refractivity contribution < 1.29 is 27.5 Å². The van der Waals surface area contributed by atoms with Crippen molar-refractivity contribution in [2.75, 3.05) is 52.4 Å². The van der Waals surface area contributed by atoms with Crippen LogP contribution in [0, 0.1) is 5.92 Å². The molecule has 0 aliphatic carbocycles. The minimum absolute atomic E-state index is 0.179. The summed E-state index contributed by atoms with van der Waals surface area (Å²) in [5.74, 6) is 0.171. The van der Waals surface area contributed by atoms with Gasteiger partial charge in [-0.05, 0) is 31.7 Å². The lowest BCUT2D eigenvalue weighted by Gasteiger charge is -2.29. The number of amides is 3. The normalized spacial score (nSPS) is 33.2. The third-order valence-corrected chi connectivity index (χ3v) is 6.55. The first-order valence-electron chi connectivity index (χ1n) is 10.5. The fraction of sp³-hybridized carbons (Fsp3) is 0.882. The van der Waals surface area contributed by atoms with Crippen LogP contribution in [0.15, 0.2) is 0 Å². The summed E-state index contributed by atoms with van der Waals surface area (Å²) in [6, 6.07) is -1.50. The van der Waals surface area contributed by atoms with Crippen LogP contribution in [-0.2, 0) is 25.3 Å². The lowest BCUT2D eigenvalue weighted by molar-refractivity contribution is -0.139. The Morgan fingerprint density at radius 2 is 2.10 bits per heavy atom. The second kappa shape index (κ2) is 9.85. The summed E-state index contributed by atoms with van der Waals surface area (Å²) in [5, 5.41) is 7.63. The zero-order valence-corrected chi connectivity index (χ0v) is 17.6. The van der Waals surface area contributed by atoms with Gasteiger partial charge in [-0.25, -0.2) is 14.5 Å². The smallest absolute Gasteiger partial charge is 0.346 e. The van der Waals surface area contributed by atoms with Crippen LogP contribution in [0.5, 0.6) is 0 Å². The number of piperidine rings is 1. The number of carbonyl (C=O) groups excluding carboxylic acids is 2. The van der Waals surface area contributed by atoms with Crippen molar-refractivity contribution in [3.63, 3.8) is 0 Å². The second-order valence-corrected chi connectivity index (χ2v) is 8.88. The Morgan fingerprint density at radius 1 is 1.30 bits per heavy atom. The fourth-order valence-corrected chi connectivity index (χ4v) is 5.09. The summed E-state index contributed by atoms with van der Waals surface area (Å²) < 4.78 is 26.1. The molecule has 0 aromatic heterocycles. The van der Waals surface area contributed by atoms with Crippen LogP contribution in [0.3, 0.4) is 0 Å². The molecule has 0 spiro atoms. The molecule has 4 heterocycles. The summed E-state index contributed by atoms with van der Waals surface area (Å²) in [7, 11) is 0. The highest BCUT2D eigenvalue weighted by atomic mass is 32.2. The summed E-state index contributed by atoms with van der Waals surface area (Å²) in [4.78, 5) is 34.1. The molecule has 5 atom stereocenters. The highest BCUT2D eigenvalue weighted by Gasteiger charge is 2.48. The molecular formula is C17H29N6O6S-. The average molecular weight is 446 g/mol. The molecule has 4 fully saturated rings. The molecular weight excluding hydrogens is 416 g/mol. The van der Waals surface area contributed by atoms with Gasteiger partial charge in [0.1, 0.15) is 17.4 Å². The lowest BCUT2D eigenvalue weighted by Crippen LogP contribution is -2.50. The first kappa shape index (κ1) is 21.9. The van der Waals surface area contributed by atoms with Crippen LogP contribution in [0.4, 0.5) is 4.79 Å². The standard InChI is InChI=1S/C17H30N6O6S/c24-16(15-2-1-14-10-22(15)17(25)23(14)29-30(26)27)20-28-11-13-7-12(8-19-13)9-21-5-3-18-4-6-21/h12-15,18-19H,1-11H2,(H,20,24)(H,26,27)/p-1/t12-,13+,14?,15?/m0/s1. The van der Waals surface area contributed by atoms with Gasteiger partial charge < -0.3 is 25.0 Å². The van der Waals surface area contributed by atoms with E-state index in [-0.39, 0.29) is 18.6 Å². The van der Waals surface area contributed by atoms with E-state index >= 15 is 0 Å². The molecule has 170 valence electrons. The van der Waals surface area contributed by atoms with Gasteiger partial charge in [0.25, 0.3) is 5.91 Å². The van der Waals surface area contributed by atoms with Gasteiger partial charge in [0, 0.05) is 45.3 Å². The Morgan fingerprint density at radius 3 is 2.87 bits per heavy atom. The van der Waals surface area contributed by atoms with Crippen molar-refractivity contribution in [1.29, 1.82) is 0 Å². The molecule has 3 N–H and O–H groups in total. The van der Waals surface area contributed by atoms with Crippen LogP contribution in [-0.4, -0.2) is 106 Å². The van der Waals surface area contributed by atoms with E-state index in [1.165, 1.54) is 4.90 Å². The maximum absolute atomic E-state index is 12.5. The molecule has 12 nitrogen and oxygen atoms in total. The molecule has 4 aliphatic rings. The molecule has 0 aromatic rings. The largest absolute Gasteiger partial charge is 0.748 e. The van der Waals surface area contributed by atoms with Crippen molar-refractivity contribution in [3.8, 4) is 0 Å². The van der Waals surface area contributed by atoms with Gasteiger partial charge in [0.2, 0.25) is 0 Å². The number of nitrogens with one attached hydrogen (secondary N) is 3. The Kier molecular flexibility index (Phi) is 7.18. The van der Waals surface area contributed by atoms with Crippen molar-refractivity contribution in [3.05, 3.63) is 0 Å². The van der Waals surface area contributed by atoms with Gasteiger partial charge in [0.05, 0.1) is 12.6 Å². The number of carbonyl (C=O) groups is 2. The summed E-state index contributed by atoms with van der Waals surface area (Å²) in [6.45, 7) is 6.87. The maximum atomic E-state index is 12.5. The van der Waals surface area contributed by atoms with Gasteiger partial charge in [-0.1, -0.05) is 0 Å². The SMILES string of the molecule is O=C(NOC[C@H]1C[C@H](CN2CCNCC2)CN1)C1CCC2CN1C(=O)N2OS(=O)[O-]. The third-order valence-electron chi connectivity index (χ3n) is 6.26. The van der Waals surface area contributed by atoms with Crippen molar-refractivity contribution in [2.45, 2.75) is 37.4 Å². The molecule has 4 aliphatic heterocycles. The average Bonchev–Trinajstić information content (AvgIpc) is 3.27. The number of nitrogens with zero attached hydrogens (tertiary/aromatic N) is 3. The van der Waals surface area contributed by atoms with Crippen molar-refractivity contribution in [1.82, 2.24) is 31.0 Å². The number of hydrogen-bond donors (Lipinski definition) is 3. The fourth-order valence-electron chi connectivity index (χ4n) is 4.78. The van der Waals surface area contributed by atoms with Crippen molar-refractivity contribution >= 4 is 23.3 Å². The van der Waals surface area contributed by atoms with E-state index < -0.39 is 29.3 Å². The van der Waals surface area contributed by atoms with Gasteiger partial charge in [-0.3, -0.25) is 9.63 Å². The first-order chi connectivity index (χ1) is 14.5. The predicted octanol–water partition coefficient (Wildman–Crippen LogP) is -2.09. The Balaban J connectivity index is 1.17. The molecule has 0 radical (unpaired) electrons. The van der Waals surface area contributed by atoms with Crippen LogP contribution < -0.4 is 16.1 Å². The summed E-state index contributed by atoms with van der Waals surface area (Å²) in [6.07, 6.45) is 1.90. The van der Waals surface area contributed by atoms with Crippen LogP contribution in [0.2, 0.25) is 0 Å². The van der Waals surface area contributed by atoms with Gasteiger partial charge in [-0.15, -0.1) is 0 Å². The number of urea groups is 1. The molecule has 3 amide bonds. The van der Waals surface area contributed by atoms with E-state index in [2.05, 4.69) is 25.3 Å². The molecule has 3 unspecified atom stereocenters. The van der Waals surface area contributed by atoms with Gasteiger partial charge in [0.15, 0.2) is 0 Å². The van der Waals surface area contributed by atoms with Crippen molar-refractivity contribution in [2.24, 2.45) is 5.92 Å². The quantitative estimate of drug-likeness (QED) is 0.284. The molecule has 4 rings (SSSR count). The third kappa shape index (κ3) is 5.10. The van der Waals surface area contributed by atoms with E-state index in [0.717, 1.165) is 50.8 Å². The number of rotatable bonds is 8. The lowest BCUT2D eigenvalue weighted by atomic mass is 10.0. The Bertz CT molecular complexity index is 665. The van der Waals surface area contributed by atoms with Gasteiger partial charge >= 0.3 is 6.03 Å². The van der Waals surface area contributed by atoms with E-state index in [4.69, 9.17) is 4.84 Å². The van der Waals surface area contributed by atoms with E-state index in [0.29, 0.717) is 25.4 Å². The molecule has 0 saturated carbocycles. The molecule has 13 heteroatoms. The monoisotopic (exact) mass is 445 g/mol. The minimum atomic E-state index is -2.83. The predicted molar refractivity (Wildman–Crippen MR) is 104 cm³/mol. The highest BCUT2D eigenvalue weighted by Crippen LogP contribution is 2.30. The number of hydroxylamine groups is 3. The zero-order valence-electron chi connectivity index (χ0n) is 16.8. The van der Waals surface area contributed by atoms with E-state index in [1.54, 1.807) is 0 Å². The second-order valence-electron chi connectivity index (χ2n) is 8.32. The molecule has 0 aromatic carbocycles. The summed E-state index contributed by atoms with van der Waals surface area (Å²) >= 11 is -2.83. The van der Waals surface area contributed by atoms with Crippen LogP contribution in [0.25, 0.3) is 0 Å². The molecule has 30 heavy (non-hydrogen) atoms. The van der Waals surface area contributed by atoms with Crippen LogP contribution in [0.1, 0.15) is 19.3 Å². The first-order valence-corrected chi connectivity index (χ1v) is 11.5. The van der Waals surface area contributed by atoms with Gasteiger partial charge in [-0.2, -0.15) is 9.35 Å². The summed E-state index contributed by atoms with van der Waals surface area (Å²) in [5.41, 5.74) is 2.46. The maximum Gasteiger partial charge on any atom is 0.346 e. The number of piperazine rings is 1. The Labute approximate surface area is 178 Å². The minimum Gasteiger partial charge on any atom is -0.748 e. The topological polar surface area (TPSA) is 139 Å². The zero-order chi connectivity index (χ0) is 21.1. The van der Waals surface area contributed by atoms with Crippen LogP contribution >= 0.6 is 0 Å². The highest BCUT2D eigenvalue weighted by molar-refractivity contribution is 7.74.